The molecule has 2 saturated heterocycles. The van der Waals surface area contributed by atoms with Gasteiger partial charge in [0.05, 0.1) is 32.8 Å². The Balaban J connectivity index is 0.000000360. The molecule has 4 rings (SSSR count). The van der Waals surface area contributed by atoms with Crippen molar-refractivity contribution in [2.45, 2.75) is 19.2 Å². The third-order valence-corrected chi connectivity index (χ3v) is 6.19. The molecule has 0 radical (unpaired) electrons. The van der Waals surface area contributed by atoms with Crippen LogP contribution in [0.4, 0.5) is 13.2 Å². The summed E-state index contributed by atoms with van der Waals surface area (Å²) in [6, 6.07) is 5.95. The van der Waals surface area contributed by atoms with Gasteiger partial charge in [-0.3, -0.25) is 9.78 Å². The minimum absolute atomic E-state index is 0.0582. The summed E-state index contributed by atoms with van der Waals surface area (Å²) in [6.07, 6.45) is -1.04. The number of halogens is 3. The van der Waals surface area contributed by atoms with E-state index < -0.39 is 12.1 Å². The highest BCUT2D eigenvalue weighted by Gasteiger charge is 2.51. The van der Waals surface area contributed by atoms with Gasteiger partial charge in [0, 0.05) is 36.8 Å². The van der Waals surface area contributed by atoms with Gasteiger partial charge in [-0.05, 0) is 40.1 Å². The van der Waals surface area contributed by atoms with Gasteiger partial charge in [-0.2, -0.15) is 24.5 Å². The number of pyridine rings is 1. The molecule has 2 atom stereocenters. The third kappa shape index (κ3) is 6.27. The number of fused-ring (bicyclic) bond motifs is 1. The van der Waals surface area contributed by atoms with E-state index in [0.29, 0.717) is 32.2 Å². The number of ether oxygens (including phenoxy) is 2. The van der Waals surface area contributed by atoms with E-state index in [-0.39, 0.29) is 11.3 Å². The molecule has 174 valence electrons. The Morgan fingerprint density at radius 1 is 1.28 bits per heavy atom. The Labute approximate surface area is 186 Å². The van der Waals surface area contributed by atoms with E-state index in [1.165, 1.54) is 0 Å². The van der Waals surface area contributed by atoms with Gasteiger partial charge in [0.15, 0.2) is 0 Å². The quantitative estimate of drug-likeness (QED) is 0.696. The van der Waals surface area contributed by atoms with Crippen molar-refractivity contribution >= 4 is 23.2 Å². The normalized spacial score (nSPS) is 22.2. The van der Waals surface area contributed by atoms with Crippen LogP contribution in [0.5, 0.6) is 0 Å². The molecule has 2 aliphatic rings. The predicted molar refractivity (Wildman–Crippen MR) is 109 cm³/mol. The van der Waals surface area contributed by atoms with Crippen molar-refractivity contribution in [3.05, 3.63) is 52.5 Å². The van der Waals surface area contributed by atoms with Crippen molar-refractivity contribution in [3.8, 4) is 0 Å². The van der Waals surface area contributed by atoms with Gasteiger partial charge in [-0.25, -0.2) is 4.79 Å². The number of aromatic nitrogens is 1. The number of carboxylic acids is 1. The van der Waals surface area contributed by atoms with Crippen molar-refractivity contribution < 1.29 is 37.3 Å². The van der Waals surface area contributed by atoms with Gasteiger partial charge in [0.1, 0.15) is 0 Å². The van der Waals surface area contributed by atoms with Gasteiger partial charge in [-0.15, -0.1) is 0 Å². The van der Waals surface area contributed by atoms with Crippen molar-refractivity contribution in [1.29, 1.82) is 0 Å². The lowest BCUT2D eigenvalue weighted by molar-refractivity contribution is -0.192. The molecule has 32 heavy (non-hydrogen) atoms. The summed E-state index contributed by atoms with van der Waals surface area (Å²) in [5.74, 6) is -2.18. The van der Waals surface area contributed by atoms with Gasteiger partial charge >= 0.3 is 12.1 Å². The number of thiophene rings is 1. The number of amides is 1. The molecule has 11 heteroatoms. The lowest BCUT2D eigenvalue weighted by Gasteiger charge is -2.27. The number of alkyl halides is 3. The maximum absolute atomic E-state index is 12.6. The summed E-state index contributed by atoms with van der Waals surface area (Å²) in [4.78, 5) is 27.5. The number of carbonyl (C=O) groups excluding carboxylic acids is 1. The second kappa shape index (κ2) is 10.4. The van der Waals surface area contributed by atoms with E-state index in [0.717, 1.165) is 30.8 Å². The van der Waals surface area contributed by atoms with E-state index in [1.54, 1.807) is 23.7 Å². The fourth-order valence-electron chi connectivity index (χ4n) is 3.76. The highest BCUT2D eigenvalue weighted by Crippen LogP contribution is 2.41. The van der Waals surface area contributed by atoms with Crippen molar-refractivity contribution in [2.24, 2.45) is 11.3 Å². The van der Waals surface area contributed by atoms with Crippen LogP contribution in [0.1, 0.15) is 11.1 Å². The molecule has 1 amide bonds. The summed E-state index contributed by atoms with van der Waals surface area (Å²) in [5.41, 5.74) is 2.16. The van der Waals surface area contributed by atoms with Gasteiger partial charge in [0.25, 0.3) is 0 Å². The average molecular weight is 472 g/mol. The summed E-state index contributed by atoms with van der Waals surface area (Å²) in [5, 5.41) is 11.2. The fourth-order valence-corrected chi connectivity index (χ4v) is 4.43. The number of aliphatic carboxylic acids is 1. The zero-order valence-electron chi connectivity index (χ0n) is 17.1. The molecule has 4 heterocycles. The van der Waals surface area contributed by atoms with Crippen LogP contribution in [0.2, 0.25) is 0 Å². The van der Waals surface area contributed by atoms with Crippen molar-refractivity contribution in [3.63, 3.8) is 0 Å². The maximum Gasteiger partial charge on any atom is 0.490 e. The molecule has 0 aliphatic carbocycles. The molecule has 0 aromatic carbocycles. The zero-order chi connectivity index (χ0) is 23.2. The van der Waals surface area contributed by atoms with E-state index in [4.69, 9.17) is 19.4 Å². The van der Waals surface area contributed by atoms with Gasteiger partial charge < -0.3 is 19.5 Å². The minimum Gasteiger partial charge on any atom is -0.475 e. The standard InChI is InChI=1S/C19H22N2O3S.C2HF3O2/c22-18(7-16-3-6-25-11-16)21-8-17-10-24-14-19(17,12-21)13-23-9-15-1-4-20-5-2-15;3-2(4,5)1(6)7/h1-6,11,17H,7-10,12-14H2;(H,6,7)/t17-,19-;/m1./s1. The van der Waals surface area contributed by atoms with Crippen molar-refractivity contribution in [2.75, 3.05) is 32.9 Å². The van der Waals surface area contributed by atoms with Crippen LogP contribution in [0.3, 0.4) is 0 Å². The number of rotatable bonds is 6. The van der Waals surface area contributed by atoms with Crippen molar-refractivity contribution in [1.82, 2.24) is 9.88 Å². The van der Waals surface area contributed by atoms with E-state index in [2.05, 4.69) is 4.98 Å². The van der Waals surface area contributed by atoms with E-state index in [9.17, 15) is 18.0 Å². The van der Waals surface area contributed by atoms with Crippen LogP contribution >= 0.6 is 11.3 Å². The molecule has 2 fully saturated rings. The first-order valence-corrected chi connectivity index (χ1v) is 10.8. The molecule has 2 aromatic heterocycles. The predicted octanol–water partition coefficient (Wildman–Crippen LogP) is 3.01. The lowest BCUT2D eigenvalue weighted by atomic mass is 9.82. The summed E-state index contributed by atoms with van der Waals surface area (Å²) in [6.45, 7) is 4.11. The Kier molecular flexibility index (Phi) is 7.86. The second-order valence-corrected chi connectivity index (χ2v) is 8.59. The summed E-state index contributed by atoms with van der Waals surface area (Å²) >= 11 is 1.63. The topological polar surface area (TPSA) is 89.0 Å². The average Bonchev–Trinajstić information content (AvgIpc) is 3.45. The van der Waals surface area contributed by atoms with Crippen LogP contribution in [0.25, 0.3) is 0 Å². The highest BCUT2D eigenvalue weighted by molar-refractivity contribution is 7.08. The molecular weight excluding hydrogens is 449 g/mol. The second-order valence-electron chi connectivity index (χ2n) is 7.81. The van der Waals surface area contributed by atoms with Crippen LogP contribution in [-0.4, -0.2) is 66.0 Å². The molecule has 2 aliphatic heterocycles. The first-order valence-electron chi connectivity index (χ1n) is 9.83. The number of nitrogens with zero attached hydrogens (tertiary/aromatic N) is 2. The molecule has 0 saturated carbocycles. The molecule has 0 spiro atoms. The summed E-state index contributed by atoms with van der Waals surface area (Å²) in [7, 11) is 0. The van der Waals surface area contributed by atoms with Crippen LogP contribution in [-0.2, 0) is 32.1 Å². The zero-order valence-corrected chi connectivity index (χ0v) is 17.9. The highest BCUT2D eigenvalue weighted by atomic mass is 32.1. The SMILES string of the molecule is O=C(Cc1ccsc1)N1C[C@@H]2COC[C@]2(COCc2ccncc2)C1.O=C(O)C(F)(F)F. The van der Waals surface area contributed by atoms with E-state index >= 15 is 0 Å². The number of hydrogen-bond acceptors (Lipinski definition) is 6. The Hall–Kier alpha value is -2.50. The van der Waals surface area contributed by atoms with Gasteiger partial charge in [-0.1, -0.05) is 0 Å². The fraction of sp³-hybridized carbons (Fsp3) is 0.476. The molecule has 0 bridgehead atoms. The lowest BCUT2D eigenvalue weighted by Crippen LogP contribution is -2.37. The summed E-state index contributed by atoms with van der Waals surface area (Å²) < 4.78 is 43.5. The Bertz CT molecular complexity index is 895. The first-order chi connectivity index (χ1) is 15.2. The number of carboxylic acid groups (broad SMARTS) is 1. The largest absolute Gasteiger partial charge is 0.490 e. The van der Waals surface area contributed by atoms with Crippen LogP contribution in [0, 0.1) is 11.3 Å². The first kappa shape index (κ1) is 24.1. The Morgan fingerprint density at radius 2 is 2.00 bits per heavy atom. The molecule has 2 aromatic rings. The molecular formula is C21H23F3N2O5S. The molecule has 7 nitrogen and oxygen atoms in total. The van der Waals surface area contributed by atoms with Gasteiger partial charge in [0.2, 0.25) is 5.91 Å². The monoisotopic (exact) mass is 472 g/mol. The van der Waals surface area contributed by atoms with Crippen LogP contribution < -0.4 is 0 Å². The smallest absolute Gasteiger partial charge is 0.475 e. The molecule has 0 unspecified atom stereocenters. The minimum atomic E-state index is -5.08. The number of hydrogen-bond donors (Lipinski definition) is 1. The number of likely N-dealkylation sites (tertiary alicyclic amines) is 1. The third-order valence-electron chi connectivity index (χ3n) is 5.46. The Morgan fingerprint density at radius 3 is 2.62 bits per heavy atom. The maximum atomic E-state index is 12.6. The molecule has 1 N–H and O–H groups in total. The number of carbonyl (C=O) groups is 2. The van der Waals surface area contributed by atoms with Crippen LogP contribution in [0.15, 0.2) is 41.4 Å². The van der Waals surface area contributed by atoms with E-state index in [1.807, 2.05) is 33.9 Å².